The van der Waals surface area contributed by atoms with Crippen molar-refractivity contribution in [3.05, 3.63) is 42.2 Å². The molecule has 5 rings (SSSR count). The lowest BCUT2D eigenvalue weighted by atomic mass is 9.85. The maximum absolute atomic E-state index is 13.1. The van der Waals surface area contributed by atoms with E-state index in [9.17, 15) is 13.5 Å². The number of aromatic nitrogens is 3. The molecule has 212 valence electrons. The predicted molar refractivity (Wildman–Crippen MR) is 152 cm³/mol. The van der Waals surface area contributed by atoms with Crippen LogP contribution < -0.4 is 5.32 Å². The van der Waals surface area contributed by atoms with Gasteiger partial charge in [0.25, 0.3) is 0 Å². The van der Waals surface area contributed by atoms with Crippen molar-refractivity contribution in [1.29, 1.82) is 0 Å². The van der Waals surface area contributed by atoms with Gasteiger partial charge < -0.3 is 15.2 Å². The van der Waals surface area contributed by atoms with Crippen LogP contribution in [0.4, 0.5) is 5.95 Å². The monoisotopic (exact) mass is 555 g/mol. The maximum atomic E-state index is 13.1. The zero-order chi connectivity index (χ0) is 27.4. The average molecular weight is 556 g/mol. The van der Waals surface area contributed by atoms with Gasteiger partial charge in [-0.05, 0) is 62.8 Å². The van der Waals surface area contributed by atoms with Crippen molar-refractivity contribution < 1.29 is 18.3 Å². The predicted octanol–water partition coefficient (Wildman–Crippen LogP) is 4.82. The van der Waals surface area contributed by atoms with Crippen molar-refractivity contribution in [2.75, 3.05) is 31.6 Å². The van der Waals surface area contributed by atoms with E-state index >= 15 is 0 Å². The molecule has 1 saturated carbocycles. The van der Waals surface area contributed by atoms with Crippen molar-refractivity contribution in [2.45, 2.75) is 88.2 Å². The van der Waals surface area contributed by atoms with E-state index in [0.29, 0.717) is 38.2 Å². The fourth-order valence-corrected chi connectivity index (χ4v) is 7.12. The fraction of sp³-hybridized carbons (Fsp3) is 0.586. The number of morpholine rings is 1. The topological polar surface area (TPSA) is 109 Å². The summed E-state index contributed by atoms with van der Waals surface area (Å²) >= 11 is 0. The Kier molecular flexibility index (Phi) is 8.86. The van der Waals surface area contributed by atoms with Crippen molar-refractivity contribution in [2.24, 2.45) is 0 Å². The molecule has 10 heteroatoms. The summed E-state index contributed by atoms with van der Waals surface area (Å²) in [7, 11) is -3.55. The van der Waals surface area contributed by atoms with Crippen molar-refractivity contribution >= 4 is 21.5 Å². The Hall–Kier alpha value is -2.53. The van der Waals surface area contributed by atoms with E-state index in [2.05, 4.69) is 30.2 Å². The summed E-state index contributed by atoms with van der Waals surface area (Å²) in [4.78, 5) is 4.94. The van der Waals surface area contributed by atoms with Gasteiger partial charge in [0.15, 0.2) is 0 Å². The fourth-order valence-electron chi connectivity index (χ4n) is 5.71. The Morgan fingerprint density at radius 2 is 1.82 bits per heavy atom. The summed E-state index contributed by atoms with van der Waals surface area (Å²) < 4.78 is 35.0. The number of aliphatic hydroxyl groups is 1. The zero-order valence-electron chi connectivity index (χ0n) is 23.1. The van der Waals surface area contributed by atoms with Crippen LogP contribution in [0.5, 0.6) is 0 Å². The molecular weight excluding hydrogens is 514 g/mol. The lowest BCUT2D eigenvalue weighted by Crippen LogP contribution is -2.40. The number of anilines is 1. The van der Waals surface area contributed by atoms with Gasteiger partial charge in [0.1, 0.15) is 0 Å². The third-order valence-electron chi connectivity index (χ3n) is 8.05. The van der Waals surface area contributed by atoms with E-state index in [-0.39, 0.29) is 17.0 Å². The van der Waals surface area contributed by atoms with Crippen LogP contribution in [-0.2, 0) is 14.8 Å². The number of rotatable bonds is 10. The van der Waals surface area contributed by atoms with E-state index < -0.39 is 10.0 Å². The number of aliphatic hydroxyl groups excluding tert-OH is 1. The van der Waals surface area contributed by atoms with Gasteiger partial charge >= 0.3 is 0 Å². The van der Waals surface area contributed by atoms with Crippen LogP contribution in [-0.4, -0.2) is 70.9 Å². The molecule has 3 aromatic rings. The molecule has 2 aromatic heterocycles. The van der Waals surface area contributed by atoms with E-state index in [0.717, 1.165) is 54.4 Å². The summed E-state index contributed by atoms with van der Waals surface area (Å²) in [6, 6.07) is 9.58. The molecular formula is C29H41N5O4S. The third-order valence-corrected chi connectivity index (χ3v) is 9.96. The molecule has 0 amide bonds. The Balaban J connectivity index is 1.46. The molecule has 1 aliphatic carbocycles. The molecule has 2 fully saturated rings. The number of hydrogen-bond donors (Lipinski definition) is 2. The van der Waals surface area contributed by atoms with Crippen LogP contribution in [0.1, 0.15) is 76.8 Å². The molecule has 2 aliphatic rings. The summed E-state index contributed by atoms with van der Waals surface area (Å²) in [5, 5.41) is 18.5. The number of ether oxygens (including phenoxy) is 1. The van der Waals surface area contributed by atoms with Gasteiger partial charge in [-0.3, -0.25) is 0 Å². The number of unbranched alkanes of at least 4 members (excludes halogenated alkanes) is 2. The van der Waals surface area contributed by atoms with Gasteiger partial charge in [-0.15, -0.1) is 5.10 Å². The minimum absolute atomic E-state index is 0.233. The van der Waals surface area contributed by atoms with Crippen LogP contribution in [0.25, 0.3) is 16.6 Å². The van der Waals surface area contributed by atoms with E-state index in [1.54, 1.807) is 12.1 Å². The smallest absolute Gasteiger partial charge is 0.243 e. The van der Waals surface area contributed by atoms with E-state index in [1.165, 1.54) is 23.6 Å². The van der Waals surface area contributed by atoms with Crippen molar-refractivity contribution in [3.63, 3.8) is 0 Å². The summed E-state index contributed by atoms with van der Waals surface area (Å²) in [5.74, 6) is 0.901. The number of hydrogen-bond acceptors (Lipinski definition) is 7. The molecule has 1 aromatic carbocycles. The highest BCUT2D eigenvalue weighted by Gasteiger charge is 2.28. The molecule has 3 heterocycles. The highest BCUT2D eigenvalue weighted by molar-refractivity contribution is 7.89. The number of nitrogens with one attached hydrogen (secondary N) is 1. The Morgan fingerprint density at radius 3 is 2.51 bits per heavy atom. The minimum atomic E-state index is -3.55. The van der Waals surface area contributed by atoms with Crippen LogP contribution in [0.15, 0.2) is 41.4 Å². The number of sulfonamides is 1. The molecule has 9 nitrogen and oxygen atoms in total. The highest BCUT2D eigenvalue weighted by atomic mass is 32.2. The number of fused-ring (bicyclic) bond motifs is 1. The van der Waals surface area contributed by atoms with Crippen LogP contribution in [0.2, 0.25) is 0 Å². The lowest BCUT2D eigenvalue weighted by Gasteiger charge is -2.26. The molecule has 0 spiro atoms. The first kappa shape index (κ1) is 28.0. The first-order chi connectivity index (χ1) is 18.9. The Morgan fingerprint density at radius 1 is 1.10 bits per heavy atom. The van der Waals surface area contributed by atoms with Crippen LogP contribution in [0, 0.1) is 0 Å². The Labute approximate surface area is 231 Å². The molecule has 1 aliphatic heterocycles. The lowest BCUT2D eigenvalue weighted by molar-refractivity contribution is 0.0730. The van der Waals surface area contributed by atoms with Gasteiger partial charge in [0.05, 0.1) is 35.9 Å². The molecule has 0 bridgehead atoms. The maximum Gasteiger partial charge on any atom is 0.243 e. The first-order valence-corrected chi connectivity index (χ1v) is 15.8. The Bertz CT molecular complexity index is 1340. The molecule has 1 saturated heterocycles. The van der Waals surface area contributed by atoms with Gasteiger partial charge in [0, 0.05) is 36.3 Å². The molecule has 1 atom stereocenters. The third kappa shape index (κ3) is 6.29. The first-order valence-electron chi connectivity index (χ1n) is 14.4. The van der Waals surface area contributed by atoms with Gasteiger partial charge in [-0.25, -0.2) is 17.9 Å². The molecule has 1 unspecified atom stereocenters. The van der Waals surface area contributed by atoms with Gasteiger partial charge in [-0.1, -0.05) is 38.3 Å². The SMILES string of the molecule is CCCCCC(C)Nc1ncc2c(-c3ccc(S(=O)(=O)N4CCOCC4)cc3)cc(C3CCC(O)CC3)n2n1. The number of benzene rings is 1. The van der Waals surface area contributed by atoms with Crippen molar-refractivity contribution in [1.82, 2.24) is 18.9 Å². The normalized spacial score (nSPS) is 21.7. The van der Waals surface area contributed by atoms with E-state index in [4.69, 9.17) is 9.84 Å². The van der Waals surface area contributed by atoms with E-state index in [1.807, 2.05) is 22.8 Å². The zero-order valence-corrected chi connectivity index (χ0v) is 23.9. The van der Waals surface area contributed by atoms with Crippen LogP contribution >= 0.6 is 0 Å². The molecule has 39 heavy (non-hydrogen) atoms. The second-order valence-corrected chi connectivity index (χ2v) is 12.9. The molecule has 2 N–H and O–H groups in total. The van der Waals surface area contributed by atoms with Gasteiger partial charge in [0.2, 0.25) is 16.0 Å². The average Bonchev–Trinajstić information content (AvgIpc) is 3.33. The largest absolute Gasteiger partial charge is 0.393 e. The van der Waals surface area contributed by atoms with Crippen LogP contribution in [0.3, 0.4) is 0 Å². The standard InChI is InChI=1S/C29H41N5O4S/c1-3-4-5-6-21(2)31-29-30-20-28-26(19-27(34(28)32-29)23-7-11-24(35)12-8-23)22-9-13-25(14-10-22)39(36,37)33-15-17-38-18-16-33/h9-10,13-14,19-21,23-24,35H,3-8,11-12,15-18H2,1-2H3,(H,31,32). The second kappa shape index (κ2) is 12.3. The number of nitrogens with zero attached hydrogens (tertiary/aromatic N) is 4. The second-order valence-electron chi connectivity index (χ2n) is 10.9. The summed E-state index contributed by atoms with van der Waals surface area (Å²) in [6.45, 7) is 5.96. The molecule has 0 radical (unpaired) electrons. The van der Waals surface area contributed by atoms with Crippen molar-refractivity contribution in [3.8, 4) is 11.1 Å². The minimum Gasteiger partial charge on any atom is -0.393 e. The quantitative estimate of drug-likeness (QED) is 0.345. The summed E-state index contributed by atoms with van der Waals surface area (Å²) in [5.41, 5.74) is 3.91. The highest BCUT2D eigenvalue weighted by Crippen LogP contribution is 2.38. The van der Waals surface area contributed by atoms with Gasteiger partial charge in [-0.2, -0.15) is 4.31 Å². The summed E-state index contributed by atoms with van der Waals surface area (Å²) in [6.07, 6.45) is 9.67.